The van der Waals surface area contributed by atoms with Crippen molar-refractivity contribution in [2.45, 2.75) is 19.5 Å². The minimum Gasteiger partial charge on any atom is -0.305 e. The highest BCUT2D eigenvalue weighted by Crippen LogP contribution is 2.22. The Kier molecular flexibility index (Phi) is 3.82. The number of aromatic nitrogens is 2. The molecular weight excluding hydrogens is 234 g/mol. The van der Waals surface area contributed by atoms with Crippen molar-refractivity contribution in [2.75, 3.05) is 0 Å². The van der Waals surface area contributed by atoms with E-state index in [0.717, 1.165) is 22.8 Å². The zero-order chi connectivity index (χ0) is 12.3. The highest BCUT2D eigenvalue weighted by molar-refractivity contribution is 6.31. The summed E-state index contributed by atoms with van der Waals surface area (Å²) in [5, 5.41) is 8.38. The summed E-state index contributed by atoms with van der Waals surface area (Å²) in [4.78, 5) is 0. The van der Waals surface area contributed by atoms with Gasteiger partial charge in [-0.2, -0.15) is 5.10 Å². The van der Waals surface area contributed by atoms with Crippen molar-refractivity contribution >= 4 is 11.6 Å². The van der Waals surface area contributed by atoms with E-state index in [0.29, 0.717) is 0 Å². The maximum atomic E-state index is 6.15. The van der Waals surface area contributed by atoms with Gasteiger partial charge in [0.2, 0.25) is 0 Å². The number of hydrogen-bond donors (Lipinski definition) is 1. The second-order valence-electron chi connectivity index (χ2n) is 4.07. The highest BCUT2D eigenvalue weighted by Gasteiger charge is 2.09. The van der Waals surface area contributed by atoms with Gasteiger partial charge in [0, 0.05) is 30.9 Å². The van der Waals surface area contributed by atoms with Gasteiger partial charge >= 0.3 is 0 Å². The van der Waals surface area contributed by atoms with E-state index >= 15 is 0 Å². The van der Waals surface area contributed by atoms with Crippen LogP contribution in [0.1, 0.15) is 24.2 Å². The number of hydrogen-bond acceptors (Lipinski definition) is 2. The second-order valence-corrected chi connectivity index (χ2v) is 4.48. The third-order valence-corrected chi connectivity index (χ3v) is 3.23. The third-order valence-electron chi connectivity index (χ3n) is 2.88. The fourth-order valence-corrected chi connectivity index (χ4v) is 2.07. The van der Waals surface area contributed by atoms with Gasteiger partial charge in [-0.05, 0) is 24.6 Å². The molecule has 0 fully saturated rings. The predicted molar refractivity (Wildman–Crippen MR) is 69.9 cm³/mol. The summed E-state index contributed by atoms with van der Waals surface area (Å²) in [5.41, 5.74) is 2.28. The van der Waals surface area contributed by atoms with Gasteiger partial charge in [-0.25, -0.2) is 0 Å². The average molecular weight is 250 g/mol. The van der Waals surface area contributed by atoms with Crippen LogP contribution in [-0.4, -0.2) is 9.78 Å². The number of aryl methyl sites for hydroxylation is 1. The molecule has 2 aromatic rings. The molecule has 3 nitrogen and oxygen atoms in total. The molecular formula is C13H16ClN3. The molecule has 0 amide bonds. The summed E-state index contributed by atoms with van der Waals surface area (Å²) in [6, 6.07) is 10.1. The van der Waals surface area contributed by atoms with Crippen LogP contribution < -0.4 is 5.32 Å². The van der Waals surface area contributed by atoms with Gasteiger partial charge in [0.05, 0.1) is 5.69 Å². The Morgan fingerprint density at radius 1 is 1.35 bits per heavy atom. The van der Waals surface area contributed by atoms with Gasteiger partial charge in [0.25, 0.3) is 0 Å². The lowest BCUT2D eigenvalue weighted by atomic mass is 10.1. The minimum atomic E-state index is 0.221. The Labute approximate surface area is 106 Å². The van der Waals surface area contributed by atoms with Crippen molar-refractivity contribution in [1.82, 2.24) is 15.1 Å². The van der Waals surface area contributed by atoms with Gasteiger partial charge in [-0.3, -0.25) is 4.68 Å². The lowest BCUT2D eigenvalue weighted by Crippen LogP contribution is -2.20. The molecule has 0 saturated carbocycles. The molecule has 1 N–H and O–H groups in total. The fourth-order valence-electron chi connectivity index (χ4n) is 1.77. The maximum Gasteiger partial charge on any atom is 0.0518 e. The van der Waals surface area contributed by atoms with Gasteiger partial charge in [0.1, 0.15) is 0 Å². The molecule has 0 aliphatic heterocycles. The first-order valence-corrected chi connectivity index (χ1v) is 6.01. The van der Waals surface area contributed by atoms with Gasteiger partial charge in [0.15, 0.2) is 0 Å². The van der Waals surface area contributed by atoms with Crippen molar-refractivity contribution in [2.24, 2.45) is 7.05 Å². The van der Waals surface area contributed by atoms with Gasteiger partial charge in [-0.1, -0.05) is 29.8 Å². The number of nitrogens with zero attached hydrogens (tertiary/aromatic N) is 2. The molecule has 0 bridgehead atoms. The second kappa shape index (κ2) is 5.34. The van der Waals surface area contributed by atoms with Crippen LogP contribution in [0.2, 0.25) is 5.02 Å². The van der Waals surface area contributed by atoms with Crippen molar-refractivity contribution in [3.05, 3.63) is 52.8 Å². The van der Waals surface area contributed by atoms with E-state index < -0.39 is 0 Å². The van der Waals surface area contributed by atoms with E-state index in [1.54, 1.807) is 6.20 Å². The molecule has 0 spiro atoms. The Morgan fingerprint density at radius 3 is 2.76 bits per heavy atom. The SMILES string of the molecule is C[C@@H](NCc1ccnn1C)c1ccccc1Cl. The lowest BCUT2D eigenvalue weighted by molar-refractivity contribution is 0.548. The summed E-state index contributed by atoms with van der Waals surface area (Å²) in [6.45, 7) is 2.89. The molecule has 0 radical (unpaired) electrons. The molecule has 0 unspecified atom stereocenters. The van der Waals surface area contributed by atoms with E-state index in [9.17, 15) is 0 Å². The highest BCUT2D eigenvalue weighted by atomic mass is 35.5. The first-order valence-electron chi connectivity index (χ1n) is 5.63. The molecule has 90 valence electrons. The monoisotopic (exact) mass is 249 g/mol. The molecule has 0 aliphatic rings. The van der Waals surface area contributed by atoms with Crippen LogP contribution in [0, 0.1) is 0 Å². The topological polar surface area (TPSA) is 29.9 Å². The maximum absolute atomic E-state index is 6.15. The molecule has 1 aromatic carbocycles. The molecule has 0 aliphatic carbocycles. The van der Waals surface area contributed by atoms with E-state index in [2.05, 4.69) is 17.3 Å². The van der Waals surface area contributed by atoms with Crippen LogP contribution in [0.15, 0.2) is 36.5 Å². The normalized spacial score (nSPS) is 12.6. The Bertz CT molecular complexity index is 493. The zero-order valence-electron chi connectivity index (χ0n) is 10.0. The molecule has 2 rings (SSSR count). The van der Waals surface area contributed by atoms with E-state index in [-0.39, 0.29) is 6.04 Å². The van der Waals surface area contributed by atoms with Gasteiger partial charge in [-0.15, -0.1) is 0 Å². The van der Waals surface area contributed by atoms with Crippen molar-refractivity contribution in [3.63, 3.8) is 0 Å². The lowest BCUT2D eigenvalue weighted by Gasteiger charge is -2.15. The quantitative estimate of drug-likeness (QED) is 0.903. The van der Waals surface area contributed by atoms with Crippen LogP contribution in [0.25, 0.3) is 0 Å². The average Bonchev–Trinajstić information content (AvgIpc) is 2.72. The smallest absolute Gasteiger partial charge is 0.0518 e. The molecule has 0 saturated heterocycles. The first kappa shape index (κ1) is 12.1. The third kappa shape index (κ3) is 2.87. The summed E-state index contributed by atoms with van der Waals surface area (Å²) < 4.78 is 1.87. The number of benzene rings is 1. The van der Waals surface area contributed by atoms with Crippen LogP contribution in [0.5, 0.6) is 0 Å². The number of rotatable bonds is 4. The summed E-state index contributed by atoms with van der Waals surface area (Å²) in [7, 11) is 1.94. The minimum absolute atomic E-state index is 0.221. The number of nitrogens with one attached hydrogen (secondary N) is 1. The van der Waals surface area contributed by atoms with Crippen LogP contribution in [0.4, 0.5) is 0 Å². The van der Waals surface area contributed by atoms with Crippen LogP contribution >= 0.6 is 11.6 Å². The number of halogens is 1. The summed E-state index contributed by atoms with van der Waals surface area (Å²) >= 11 is 6.15. The largest absolute Gasteiger partial charge is 0.305 e. The zero-order valence-corrected chi connectivity index (χ0v) is 10.8. The van der Waals surface area contributed by atoms with Crippen molar-refractivity contribution in [1.29, 1.82) is 0 Å². The summed E-state index contributed by atoms with van der Waals surface area (Å²) in [5.74, 6) is 0. The molecule has 1 aromatic heterocycles. The molecule has 17 heavy (non-hydrogen) atoms. The Balaban J connectivity index is 2.01. The van der Waals surface area contributed by atoms with Crippen LogP contribution in [0.3, 0.4) is 0 Å². The predicted octanol–water partition coefficient (Wildman–Crippen LogP) is 2.92. The molecule has 1 heterocycles. The van der Waals surface area contributed by atoms with E-state index in [4.69, 9.17) is 11.6 Å². The Morgan fingerprint density at radius 2 is 2.12 bits per heavy atom. The fraction of sp³-hybridized carbons (Fsp3) is 0.308. The van der Waals surface area contributed by atoms with E-state index in [1.807, 2.05) is 42.1 Å². The Hall–Kier alpha value is -1.32. The van der Waals surface area contributed by atoms with Crippen molar-refractivity contribution < 1.29 is 0 Å². The first-order chi connectivity index (χ1) is 8.18. The van der Waals surface area contributed by atoms with E-state index in [1.165, 1.54) is 0 Å². The molecule has 4 heteroatoms. The van der Waals surface area contributed by atoms with Crippen molar-refractivity contribution in [3.8, 4) is 0 Å². The molecule has 1 atom stereocenters. The van der Waals surface area contributed by atoms with Gasteiger partial charge < -0.3 is 5.32 Å². The standard InChI is InChI=1S/C13H16ClN3/c1-10(12-5-3-4-6-13(12)14)15-9-11-7-8-16-17(11)2/h3-8,10,15H,9H2,1-2H3/t10-/m1/s1. The summed E-state index contributed by atoms with van der Waals surface area (Å²) in [6.07, 6.45) is 1.80. The van der Waals surface area contributed by atoms with Crippen LogP contribution in [-0.2, 0) is 13.6 Å².